The van der Waals surface area contributed by atoms with Crippen LogP contribution in [0.2, 0.25) is 15.1 Å². The second-order valence-corrected chi connectivity index (χ2v) is 10.3. The molecule has 3 aliphatic rings. The van der Waals surface area contributed by atoms with E-state index in [4.69, 9.17) is 34.8 Å². The second-order valence-electron chi connectivity index (χ2n) is 9.11. The average Bonchev–Trinajstić information content (AvgIpc) is 3.44. The number of anilines is 2. The van der Waals surface area contributed by atoms with Gasteiger partial charge < -0.3 is 10.6 Å². The third kappa shape index (κ3) is 3.76. The third-order valence-corrected chi connectivity index (χ3v) is 7.97. The van der Waals surface area contributed by atoms with Crippen molar-refractivity contribution in [2.75, 3.05) is 18.0 Å². The minimum absolute atomic E-state index is 0.255. The number of nitrogens with one attached hydrogen (secondary N) is 2. The molecule has 8 heteroatoms. The summed E-state index contributed by atoms with van der Waals surface area (Å²) >= 11 is 19.8. The number of amides is 2. The number of carbonyl (C=O) groups excluding carboxylic acids is 1. The summed E-state index contributed by atoms with van der Waals surface area (Å²) in [5, 5.41) is 8.07. The molecular weight excluding hydrogens is 491 g/mol. The van der Waals surface area contributed by atoms with E-state index in [-0.39, 0.29) is 6.03 Å². The van der Waals surface area contributed by atoms with Crippen LogP contribution in [0.1, 0.15) is 17.5 Å². The first-order valence-electron chi connectivity index (χ1n) is 11.4. The highest BCUT2D eigenvalue weighted by Crippen LogP contribution is 2.45. The summed E-state index contributed by atoms with van der Waals surface area (Å²) in [5.74, 6) is 0. The molecule has 0 aliphatic carbocycles. The van der Waals surface area contributed by atoms with Crippen molar-refractivity contribution in [3.63, 3.8) is 0 Å². The zero-order chi connectivity index (χ0) is 23.4. The van der Waals surface area contributed by atoms with Crippen LogP contribution in [0.5, 0.6) is 0 Å². The number of hydrogen-bond acceptors (Lipinski definition) is 3. The van der Waals surface area contributed by atoms with Crippen molar-refractivity contribution in [2.24, 2.45) is 0 Å². The fraction of sp³-hybridized carbons (Fsp3) is 0.269. The number of halogens is 3. The highest BCUT2D eigenvalue weighted by Gasteiger charge is 2.38. The van der Waals surface area contributed by atoms with Gasteiger partial charge in [0.1, 0.15) is 0 Å². The Bertz CT molecular complexity index is 1280. The van der Waals surface area contributed by atoms with Crippen LogP contribution in [0.4, 0.5) is 16.2 Å². The van der Waals surface area contributed by atoms with E-state index in [9.17, 15) is 4.79 Å². The first-order chi connectivity index (χ1) is 16.5. The maximum Gasteiger partial charge on any atom is 0.326 e. The number of nitrogens with zero attached hydrogens (tertiary/aromatic N) is 2. The predicted octanol–water partition coefficient (Wildman–Crippen LogP) is 6.22. The first kappa shape index (κ1) is 22.2. The fourth-order valence-corrected chi connectivity index (χ4v) is 6.27. The van der Waals surface area contributed by atoms with E-state index in [2.05, 4.69) is 27.7 Å². The quantitative estimate of drug-likeness (QED) is 0.435. The summed E-state index contributed by atoms with van der Waals surface area (Å²) in [6.07, 6.45) is 1.19. The van der Waals surface area contributed by atoms with Gasteiger partial charge in [0.2, 0.25) is 0 Å². The number of likely N-dealkylation sites (tertiary alicyclic amines) is 1. The van der Waals surface area contributed by atoms with E-state index >= 15 is 0 Å². The molecule has 2 fully saturated rings. The van der Waals surface area contributed by atoms with Gasteiger partial charge in [0, 0.05) is 54.4 Å². The Morgan fingerprint density at radius 3 is 2.41 bits per heavy atom. The number of hydrogen-bond donors (Lipinski definition) is 2. The summed E-state index contributed by atoms with van der Waals surface area (Å²) in [6, 6.07) is 18.3. The van der Waals surface area contributed by atoms with Gasteiger partial charge in [-0.25, -0.2) is 4.79 Å². The Labute approximate surface area is 213 Å². The molecule has 34 heavy (non-hydrogen) atoms. The molecule has 5 nitrogen and oxygen atoms in total. The minimum atomic E-state index is -0.255. The largest absolute Gasteiger partial charge is 0.333 e. The number of piperazine rings is 1. The number of fused-ring (bicyclic) bond motifs is 3. The van der Waals surface area contributed by atoms with Crippen molar-refractivity contribution in [1.82, 2.24) is 15.5 Å². The number of para-hydroxylation sites is 1. The molecule has 2 bridgehead atoms. The lowest BCUT2D eigenvalue weighted by Gasteiger charge is -2.34. The van der Waals surface area contributed by atoms with E-state index in [1.54, 1.807) is 23.1 Å². The van der Waals surface area contributed by atoms with Crippen molar-refractivity contribution in [1.29, 1.82) is 0 Å². The summed E-state index contributed by atoms with van der Waals surface area (Å²) in [7, 11) is 0. The molecule has 2 atom stereocenters. The molecule has 0 aromatic heterocycles. The number of urea groups is 1. The zero-order valence-electron chi connectivity index (χ0n) is 18.3. The monoisotopic (exact) mass is 512 g/mol. The SMILES string of the molecule is O=C1NCc2c(-c3ccccc3Cl)cc(CN3CC4CC3CN4)cc2N1c1c(Cl)cccc1Cl. The number of benzene rings is 3. The highest BCUT2D eigenvalue weighted by atomic mass is 35.5. The molecule has 0 saturated carbocycles. The summed E-state index contributed by atoms with van der Waals surface area (Å²) < 4.78 is 0. The van der Waals surface area contributed by atoms with E-state index in [0.29, 0.717) is 39.4 Å². The van der Waals surface area contributed by atoms with Crippen LogP contribution in [0, 0.1) is 0 Å². The third-order valence-electron chi connectivity index (χ3n) is 7.03. The molecular formula is C26H23Cl3N4O. The van der Waals surface area contributed by atoms with Gasteiger partial charge in [-0.2, -0.15) is 0 Å². The summed E-state index contributed by atoms with van der Waals surface area (Å²) in [5.41, 5.74) is 5.33. The number of rotatable bonds is 4. The molecule has 3 heterocycles. The van der Waals surface area contributed by atoms with Crippen LogP contribution >= 0.6 is 34.8 Å². The summed E-state index contributed by atoms with van der Waals surface area (Å²) in [4.78, 5) is 17.3. The zero-order valence-corrected chi connectivity index (χ0v) is 20.6. The Hall–Kier alpha value is -2.28. The van der Waals surface area contributed by atoms with Crippen LogP contribution in [-0.4, -0.2) is 36.1 Å². The van der Waals surface area contributed by atoms with Gasteiger partial charge in [0.15, 0.2) is 0 Å². The second kappa shape index (κ2) is 8.74. The van der Waals surface area contributed by atoms with Crippen molar-refractivity contribution in [2.45, 2.75) is 31.6 Å². The van der Waals surface area contributed by atoms with Gasteiger partial charge in [0.05, 0.1) is 21.4 Å². The molecule has 3 aromatic rings. The van der Waals surface area contributed by atoms with E-state index in [0.717, 1.165) is 47.6 Å². The molecule has 2 amide bonds. The Morgan fingerprint density at radius 1 is 0.941 bits per heavy atom. The Morgan fingerprint density at radius 2 is 1.71 bits per heavy atom. The fourth-order valence-electron chi connectivity index (χ4n) is 5.46. The predicted molar refractivity (Wildman–Crippen MR) is 138 cm³/mol. The summed E-state index contributed by atoms with van der Waals surface area (Å²) in [6.45, 7) is 3.26. The molecule has 2 unspecified atom stereocenters. The molecule has 3 aromatic carbocycles. The normalized spacial score (nSPS) is 21.6. The lowest BCUT2D eigenvalue weighted by Crippen LogP contribution is -2.43. The Balaban J connectivity index is 1.53. The van der Waals surface area contributed by atoms with Crippen LogP contribution in [0.3, 0.4) is 0 Å². The van der Waals surface area contributed by atoms with E-state index in [1.807, 2.05) is 24.3 Å². The van der Waals surface area contributed by atoms with Gasteiger partial charge in [-0.3, -0.25) is 9.80 Å². The lowest BCUT2D eigenvalue weighted by molar-refractivity contribution is 0.218. The maximum atomic E-state index is 13.2. The van der Waals surface area contributed by atoms with E-state index in [1.165, 1.54) is 6.42 Å². The lowest BCUT2D eigenvalue weighted by atomic mass is 9.93. The minimum Gasteiger partial charge on any atom is -0.333 e. The van der Waals surface area contributed by atoms with Crippen LogP contribution in [0.25, 0.3) is 11.1 Å². The van der Waals surface area contributed by atoms with Crippen molar-refractivity contribution >= 4 is 52.2 Å². The smallest absolute Gasteiger partial charge is 0.326 e. The topological polar surface area (TPSA) is 47.6 Å². The molecule has 2 N–H and O–H groups in total. The average molecular weight is 514 g/mol. The van der Waals surface area contributed by atoms with Gasteiger partial charge >= 0.3 is 6.03 Å². The van der Waals surface area contributed by atoms with Gasteiger partial charge in [0.25, 0.3) is 0 Å². The van der Waals surface area contributed by atoms with Crippen LogP contribution < -0.4 is 15.5 Å². The maximum absolute atomic E-state index is 13.2. The van der Waals surface area contributed by atoms with Gasteiger partial charge in [-0.05, 0) is 47.9 Å². The van der Waals surface area contributed by atoms with E-state index < -0.39 is 0 Å². The van der Waals surface area contributed by atoms with Crippen molar-refractivity contribution in [3.8, 4) is 11.1 Å². The Kier molecular flexibility index (Phi) is 5.71. The molecule has 6 rings (SSSR count). The first-order valence-corrected chi connectivity index (χ1v) is 12.5. The number of carbonyl (C=O) groups is 1. The molecule has 3 aliphatic heterocycles. The molecule has 2 saturated heterocycles. The van der Waals surface area contributed by atoms with Crippen LogP contribution in [0.15, 0.2) is 54.6 Å². The standard InChI is InChI=1S/C26H23Cl3N4O/c27-21-5-2-1-4-18(21)19-8-15(13-32-14-16-10-17(32)11-30-16)9-24-20(19)12-31-26(34)33(24)25-22(28)6-3-7-23(25)29/h1-9,16-17,30H,10-14H2,(H,31,34). The van der Waals surface area contributed by atoms with Gasteiger partial charge in [-0.15, -0.1) is 0 Å². The van der Waals surface area contributed by atoms with Crippen molar-refractivity contribution < 1.29 is 4.79 Å². The molecule has 0 radical (unpaired) electrons. The van der Waals surface area contributed by atoms with Gasteiger partial charge in [-0.1, -0.05) is 59.1 Å². The van der Waals surface area contributed by atoms with Crippen LogP contribution in [-0.2, 0) is 13.1 Å². The molecule has 174 valence electrons. The highest BCUT2D eigenvalue weighted by molar-refractivity contribution is 6.40. The van der Waals surface area contributed by atoms with Crippen molar-refractivity contribution in [3.05, 3.63) is 80.8 Å². The molecule has 0 spiro atoms.